The SMILES string of the molecule is CCOC(=O)c1cnc(N2CCC3(CCN(C(=O)OC(C)(C)C)CC3)CC2)nc1. The Morgan fingerprint density at radius 1 is 1.03 bits per heavy atom. The van der Waals surface area contributed by atoms with Crippen LogP contribution in [-0.2, 0) is 9.47 Å². The van der Waals surface area contributed by atoms with Gasteiger partial charge in [0.15, 0.2) is 0 Å². The van der Waals surface area contributed by atoms with Crippen LogP contribution in [-0.4, -0.2) is 65.3 Å². The minimum atomic E-state index is -0.458. The number of hydrogen-bond donors (Lipinski definition) is 0. The smallest absolute Gasteiger partial charge is 0.410 e. The number of nitrogens with zero attached hydrogens (tertiary/aromatic N) is 4. The van der Waals surface area contributed by atoms with Gasteiger partial charge in [-0.2, -0.15) is 0 Å². The predicted octanol–water partition coefficient (Wildman–Crippen LogP) is 3.27. The van der Waals surface area contributed by atoms with Crippen LogP contribution >= 0.6 is 0 Å². The summed E-state index contributed by atoms with van der Waals surface area (Å²) in [5.41, 5.74) is 0.193. The zero-order valence-corrected chi connectivity index (χ0v) is 17.9. The maximum absolute atomic E-state index is 12.3. The molecule has 0 bridgehead atoms. The maximum atomic E-state index is 12.3. The van der Waals surface area contributed by atoms with Crippen molar-refractivity contribution in [2.24, 2.45) is 5.41 Å². The average Bonchev–Trinajstić information content (AvgIpc) is 2.68. The lowest BCUT2D eigenvalue weighted by molar-refractivity contribution is 0.00661. The van der Waals surface area contributed by atoms with Crippen LogP contribution < -0.4 is 4.90 Å². The Morgan fingerprint density at radius 3 is 2.10 bits per heavy atom. The van der Waals surface area contributed by atoms with Gasteiger partial charge in [-0.1, -0.05) is 0 Å². The number of esters is 1. The highest BCUT2D eigenvalue weighted by Gasteiger charge is 2.39. The summed E-state index contributed by atoms with van der Waals surface area (Å²) < 4.78 is 10.5. The number of anilines is 1. The second-order valence-electron chi connectivity index (χ2n) is 8.95. The van der Waals surface area contributed by atoms with Gasteiger partial charge in [0.05, 0.1) is 12.2 Å². The van der Waals surface area contributed by atoms with Crippen LogP contribution in [0.3, 0.4) is 0 Å². The summed E-state index contributed by atoms with van der Waals surface area (Å²) in [6.07, 6.45) is 6.97. The molecule has 0 radical (unpaired) electrons. The second kappa shape index (κ2) is 8.55. The molecule has 160 valence electrons. The van der Waals surface area contributed by atoms with Gasteiger partial charge in [0, 0.05) is 38.6 Å². The van der Waals surface area contributed by atoms with Gasteiger partial charge in [0.25, 0.3) is 0 Å². The number of aromatic nitrogens is 2. The maximum Gasteiger partial charge on any atom is 0.410 e. The molecule has 1 aromatic rings. The summed E-state index contributed by atoms with van der Waals surface area (Å²) in [4.78, 5) is 36.7. The molecule has 0 saturated carbocycles. The third-order valence-electron chi connectivity index (χ3n) is 5.73. The van der Waals surface area contributed by atoms with E-state index in [1.165, 1.54) is 12.4 Å². The monoisotopic (exact) mass is 404 g/mol. The molecule has 3 heterocycles. The first kappa shape index (κ1) is 21.3. The van der Waals surface area contributed by atoms with Gasteiger partial charge < -0.3 is 19.3 Å². The molecule has 1 aromatic heterocycles. The minimum Gasteiger partial charge on any atom is -0.462 e. The standard InChI is InChI=1S/C21H32N4O4/c1-5-28-17(26)16-14-22-18(23-15-16)24-10-6-21(7-11-24)8-12-25(13-9-21)19(27)29-20(2,3)4/h14-15H,5-13H2,1-4H3. The van der Waals surface area contributed by atoms with Crippen molar-refractivity contribution in [3.63, 3.8) is 0 Å². The van der Waals surface area contributed by atoms with Gasteiger partial charge in [-0.25, -0.2) is 19.6 Å². The molecule has 2 aliphatic heterocycles. The third kappa shape index (κ3) is 5.36. The van der Waals surface area contributed by atoms with Crippen molar-refractivity contribution >= 4 is 18.0 Å². The van der Waals surface area contributed by atoms with E-state index < -0.39 is 11.6 Å². The van der Waals surface area contributed by atoms with Crippen molar-refractivity contribution in [3.05, 3.63) is 18.0 Å². The van der Waals surface area contributed by atoms with E-state index in [4.69, 9.17) is 9.47 Å². The van der Waals surface area contributed by atoms with Crippen LogP contribution in [0.5, 0.6) is 0 Å². The van der Waals surface area contributed by atoms with Crippen LogP contribution in [0.4, 0.5) is 10.7 Å². The fourth-order valence-corrected chi connectivity index (χ4v) is 3.98. The molecule has 8 nitrogen and oxygen atoms in total. The van der Waals surface area contributed by atoms with Crippen LogP contribution in [0, 0.1) is 5.41 Å². The Bertz CT molecular complexity index is 711. The van der Waals surface area contributed by atoms with Gasteiger partial charge >= 0.3 is 12.1 Å². The summed E-state index contributed by atoms with van der Waals surface area (Å²) in [6, 6.07) is 0. The molecular weight excluding hydrogens is 372 g/mol. The number of piperidine rings is 2. The van der Waals surface area contributed by atoms with Crippen LogP contribution in [0.1, 0.15) is 63.7 Å². The number of ether oxygens (including phenoxy) is 2. The lowest BCUT2D eigenvalue weighted by Crippen LogP contribution is -2.49. The largest absolute Gasteiger partial charge is 0.462 e. The number of likely N-dealkylation sites (tertiary alicyclic amines) is 1. The Balaban J connectivity index is 1.51. The molecule has 2 fully saturated rings. The van der Waals surface area contributed by atoms with E-state index in [1.807, 2.05) is 25.7 Å². The molecule has 3 rings (SSSR count). The molecule has 2 aliphatic rings. The summed E-state index contributed by atoms with van der Waals surface area (Å²) >= 11 is 0. The van der Waals surface area contributed by atoms with Crippen molar-refractivity contribution in [1.29, 1.82) is 0 Å². The highest BCUT2D eigenvalue weighted by Crippen LogP contribution is 2.41. The predicted molar refractivity (Wildman–Crippen MR) is 109 cm³/mol. The highest BCUT2D eigenvalue weighted by molar-refractivity contribution is 5.88. The molecule has 0 atom stereocenters. The van der Waals surface area contributed by atoms with E-state index >= 15 is 0 Å². The quantitative estimate of drug-likeness (QED) is 0.715. The number of rotatable bonds is 3. The third-order valence-corrected chi connectivity index (χ3v) is 5.73. The molecule has 2 saturated heterocycles. The summed E-state index contributed by atoms with van der Waals surface area (Å²) in [5, 5.41) is 0. The molecule has 0 aromatic carbocycles. The van der Waals surface area contributed by atoms with E-state index in [1.54, 1.807) is 6.92 Å². The van der Waals surface area contributed by atoms with Gasteiger partial charge in [-0.05, 0) is 58.8 Å². The van der Waals surface area contributed by atoms with Gasteiger partial charge in [-0.3, -0.25) is 0 Å². The molecule has 29 heavy (non-hydrogen) atoms. The van der Waals surface area contributed by atoms with Gasteiger partial charge in [-0.15, -0.1) is 0 Å². The molecule has 1 amide bonds. The fourth-order valence-electron chi connectivity index (χ4n) is 3.98. The topological polar surface area (TPSA) is 84.9 Å². The second-order valence-corrected chi connectivity index (χ2v) is 8.95. The molecular formula is C21H32N4O4. The number of carbonyl (C=O) groups excluding carboxylic acids is 2. The Hall–Kier alpha value is -2.38. The van der Waals surface area contributed by atoms with Crippen molar-refractivity contribution in [3.8, 4) is 0 Å². The zero-order chi connectivity index (χ0) is 21.1. The summed E-state index contributed by atoms with van der Waals surface area (Å²) in [6.45, 7) is 11.1. The lowest BCUT2D eigenvalue weighted by atomic mass is 9.71. The number of amides is 1. The normalized spacial score (nSPS) is 19.2. The van der Waals surface area contributed by atoms with Gasteiger partial charge in [0.2, 0.25) is 5.95 Å². The zero-order valence-electron chi connectivity index (χ0n) is 17.9. The molecule has 8 heteroatoms. The molecule has 0 unspecified atom stereocenters. The molecule has 0 aliphatic carbocycles. The van der Waals surface area contributed by atoms with Crippen LogP contribution in [0.15, 0.2) is 12.4 Å². The number of hydrogen-bond acceptors (Lipinski definition) is 7. The first-order chi connectivity index (χ1) is 13.7. The van der Waals surface area contributed by atoms with Crippen molar-refractivity contribution in [1.82, 2.24) is 14.9 Å². The van der Waals surface area contributed by atoms with E-state index in [-0.39, 0.29) is 11.5 Å². The van der Waals surface area contributed by atoms with E-state index in [9.17, 15) is 9.59 Å². The lowest BCUT2D eigenvalue weighted by Gasteiger charge is -2.46. The Morgan fingerprint density at radius 2 is 1.59 bits per heavy atom. The van der Waals surface area contributed by atoms with Crippen LogP contribution in [0.2, 0.25) is 0 Å². The van der Waals surface area contributed by atoms with Gasteiger partial charge in [0.1, 0.15) is 5.60 Å². The Kier molecular flexibility index (Phi) is 6.29. The summed E-state index contributed by atoms with van der Waals surface area (Å²) in [7, 11) is 0. The van der Waals surface area contributed by atoms with E-state index in [0.29, 0.717) is 18.1 Å². The molecule has 1 spiro atoms. The minimum absolute atomic E-state index is 0.208. The van der Waals surface area contributed by atoms with Crippen molar-refractivity contribution in [2.75, 3.05) is 37.7 Å². The van der Waals surface area contributed by atoms with Crippen LogP contribution in [0.25, 0.3) is 0 Å². The molecule has 0 N–H and O–H groups in total. The highest BCUT2D eigenvalue weighted by atomic mass is 16.6. The number of carbonyl (C=O) groups is 2. The average molecular weight is 405 g/mol. The van der Waals surface area contributed by atoms with Crippen molar-refractivity contribution in [2.45, 2.75) is 59.0 Å². The Labute approximate surface area is 172 Å². The summed E-state index contributed by atoms with van der Waals surface area (Å²) in [5.74, 6) is 0.257. The van der Waals surface area contributed by atoms with E-state index in [0.717, 1.165) is 51.9 Å². The first-order valence-corrected chi connectivity index (χ1v) is 10.4. The van der Waals surface area contributed by atoms with E-state index in [2.05, 4.69) is 14.9 Å². The first-order valence-electron chi connectivity index (χ1n) is 10.4. The fraction of sp³-hybridized carbons (Fsp3) is 0.714. The van der Waals surface area contributed by atoms with Crippen molar-refractivity contribution < 1.29 is 19.1 Å².